The third-order valence-electron chi connectivity index (χ3n) is 6.67. The highest BCUT2D eigenvalue weighted by atomic mass is 35.5. The molecule has 0 unspecified atom stereocenters. The Hall–Kier alpha value is -0.820. The van der Waals surface area contributed by atoms with Crippen molar-refractivity contribution in [3.63, 3.8) is 0 Å². The zero-order valence-corrected chi connectivity index (χ0v) is 16.3. The number of rotatable bonds is 5. The maximum atomic E-state index is 14.2. The van der Waals surface area contributed by atoms with Crippen molar-refractivity contribution >= 4 is 11.6 Å². The van der Waals surface area contributed by atoms with Gasteiger partial charge in [-0.3, -0.25) is 0 Å². The van der Waals surface area contributed by atoms with Crippen molar-refractivity contribution in [2.45, 2.75) is 77.0 Å². The molecule has 2 heteroatoms. The van der Waals surface area contributed by atoms with Crippen LogP contribution in [0.4, 0.5) is 4.39 Å². The Morgan fingerprint density at radius 1 is 1.00 bits per heavy atom. The van der Waals surface area contributed by atoms with Crippen molar-refractivity contribution in [2.75, 3.05) is 0 Å². The van der Waals surface area contributed by atoms with Crippen LogP contribution >= 0.6 is 11.6 Å². The van der Waals surface area contributed by atoms with E-state index in [9.17, 15) is 4.39 Å². The first-order chi connectivity index (χ1) is 12.2. The Kier molecular flexibility index (Phi) is 6.99. The average Bonchev–Trinajstić information content (AvgIpc) is 2.65. The Labute approximate surface area is 157 Å². The van der Waals surface area contributed by atoms with Crippen molar-refractivity contribution in [1.82, 2.24) is 0 Å². The van der Waals surface area contributed by atoms with Gasteiger partial charge in [0.05, 0.1) is 0 Å². The summed E-state index contributed by atoms with van der Waals surface area (Å²) in [6, 6.07) is 6.02. The molecule has 0 N–H and O–H groups in total. The van der Waals surface area contributed by atoms with E-state index < -0.39 is 0 Å². The standard InChI is InChI=1S/C23H32ClF/c1-2-3-21-12-13-22(16-23(21)25)20-10-8-19(9-11-20)18-6-4-17(5-7-18)14-15-24/h12-20H,2-11H2,1H3/b15-14+. The summed E-state index contributed by atoms with van der Waals surface area (Å²) in [5.74, 6) is 3.07. The summed E-state index contributed by atoms with van der Waals surface area (Å²) in [4.78, 5) is 0. The Balaban J connectivity index is 1.51. The summed E-state index contributed by atoms with van der Waals surface area (Å²) >= 11 is 5.73. The van der Waals surface area contributed by atoms with Crippen molar-refractivity contribution in [2.24, 2.45) is 17.8 Å². The molecule has 3 rings (SSSR count). The number of hydrogen-bond acceptors (Lipinski definition) is 0. The lowest BCUT2D eigenvalue weighted by Gasteiger charge is -2.37. The van der Waals surface area contributed by atoms with Gasteiger partial charge in [-0.15, -0.1) is 0 Å². The minimum atomic E-state index is 0.00661. The quantitative estimate of drug-likeness (QED) is 0.505. The predicted octanol–water partition coefficient (Wildman–Crippen LogP) is 7.61. The molecular formula is C23H32ClF. The first-order valence-electron chi connectivity index (χ1n) is 10.3. The van der Waals surface area contributed by atoms with E-state index in [2.05, 4.69) is 19.1 Å². The summed E-state index contributed by atoms with van der Waals surface area (Å²) < 4.78 is 14.2. The highest BCUT2D eigenvalue weighted by molar-refractivity contribution is 6.25. The molecule has 0 spiro atoms. The number of allylic oxidation sites excluding steroid dienone is 1. The Morgan fingerprint density at radius 3 is 2.20 bits per heavy atom. The normalized spacial score (nSPS) is 30.7. The monoisotopic (exact) mass is 362 g/mol. The van der Waals surface area contributed by atoms with Crippen LogP contribution in [0, 0.1) is 23.6 Å². The second-order valence-corrected chi connectivity index (χ2v) is 8.46. The molecule has 1 aromatic rings. The van der Waals surface area contributed by atoms with Crippen LogP contribution in [0.3, 0.4) is 0 Å². The smallest absolute Gasteiger partial charge is 0.126 e. The van der Waals surface area contributed by atoms with E-state index >= 15 is 0 Å². The van der Waals surface area contributed by atoms with Crippen LogP contribution in [0.1, 0.15) is 81.8 Å². The molecule has 0 aliphatic heterocycles. The van der Waals surface area contributed by atoms with Crippen molar-refractivity contribution < 1.29 is 4.39 Å². The van der Waals surface area contributed by atoms with E-state index in [-0.39, 0.29) is 5.82 Å². The van der Waals surface area contributed by atoms with Gasteiger partial charge in [0, 0.05) is 5.54 Å². The van der Waals surface area contributed by atoms with Gasteiger partial charge in [0.1, 0.15) is 5.82 Å². The van der Waals surface area contributed by atoms with Gasteiger partial charge in [-0.05, 0) is 98.7 Å². The summed E-state index contributed by atoms with van der Waals surface area (Å²) in [6.45, 7) is 2.11. The van der Waals surface area contributed by atoms with Crippen LogP contribution in [-0.2, 0) is 6.42 Å². The molecule has 0 bridgehead atoms. The summed E-state index contributed by atoms with van der Waals surface area (Å²) in [7, 11) is 0. The van der Waals surface area contributed by atoms with Crippen LogP contribution in [0.25, 0.3) is 0 Å². The minimum Gasteiger partial charge on any atom is -0.207 e. The van der Waals surface area contributed by atoms with Crippen molar-refractivity contribution in [3.05, 3.63) is 46.8 Å². The van der Waals surface area contributed by atoms with Gasteiger partial charge in [-0.2, -0.15) is 0 Å². The molecule has 0 atom stereocenters. The van der Waals surface area contributed by atoms with Crippen LogP contribution in [0.5, 0.6) is 0 Å². The molecule has 2 saturated carbocycles. The van der Waals surface area contributed by atoms with E-state index in [1.807, 2.05) is 12.1 Å². The van der Waals surface area contributed by atoms with Gasteiger partial charge in [-0.25, -0.2) is 4.39 Å². The number of halogens is 2. The molecule has 0 radical (unpaired) electrons. The third kappa shape index (κ3) is 4.88. The molecule has 2 fully saturated rings. The van der Waals surface area contributed by atoms with E-state index in [1.165, 1.54) is 56.9 Å². The first kappa shape index (κ1) is 19.0. The highest BCUT2D eigenvalue weighted by Crippen LogP contribution is 2.44. The zero-order valence-electron chi connectivity index (χ0n) is 15.5. The van der Waals surface area contributed by atoms with Crippen LogP contribution in [-0.4, -0.2) is 0 Å². The highest BCUT2D eigenvalue weighted by Gasteiger charge is 2.30. The maximum Gasteiger partial charge on any atom is 0.126 e. The minimum absolute atomic E-state index is 0.00661. The summed E-state index contributed by atoms with van der Waals surface area (Å²) in [6.07, 6.45) is 14.5. The van der Waals surface area contributed by atoms with Gasteiger partial charge in [0.2, 0.25) is 0 Å². The molecule has 0 saturated heterocycles. The van der Waals surface area contributed by atoms with E-state index in [1.54, 1.807) is 5.54 Å². The lowest BCUT2D eigenvalue weighted by molar-refractivity contribution is 0.171. The van der Waals surface area contributed by atoms with E-state index in [0.29, 0.717) is 11.8 Å². The first-order valence-corrected chi connectivity index (χ1v) is 10.7. The fourth-order valence-electron chi connectivity index (χ4n) is 5.13. The SMILES string of the molecule is CCCc1ccc(C2CCC(C3CCC(/C=C/Cl)CC3)CC2)cc1F. The van der Waals surface area contributed by atoms with E-state index in [0.717, 1.165) is 30.2 Å². The molecular weight excluding hydrogens is 331 g/mol. The van der Waals surface area contributed by atoms with Gasteiger partial charge in [0.25, 0.3) is 0 Å². The number of aryl methyl sites for hydroxylation is 1. The third-order valence-corrected chi connectivity index (χ3v) is 6.81. The molecule has 0 heterocycles. The van der Waals surface area contributed by atoms with Gasteiger partial charge in [-0.1, -0.05) is 43.2 Å². The molecule has 138 valence electrons. The second-order valence-electron chi connectivity index (χ2n) is 8.21. The van der Waals surface area contributed by atoms with Crippen LogP contribution in [0.2, 0.25) is 0 Å². The van der Waals surface area contributed by atoms with Gasteiger partial charge in [0.15, 0.2) is 0 Å². The molecule has 0 amide bonds. The molecule has 0 nitrogen and oxygen atoms in total. The molecule has 0 aromatic heterocycles. The zero-order chi connectivity index (χ0) is 17.6. The molecule has 2 aliphatic rings. The van der Waals surface area contributed by atoms with Crippen LogP contribution < -0.4 is 0 Å². The van der Waals surface area contributed by atoms with Crippen LogP contribution in [0.15, 0.2) is 29.8 Å². The largest absolute Gasteiger partial charge is 0.207 e. The summed E-state index contributed by atoms with van der Waals surface area (Å²) in [5.41, 5.74) is 3.80. The van der Waals surface area contributed by atoms with Crippen molar-refractivity contribution in [3.8, 4) is 0 Å². The lowest BCUT2D eigenvalue weighted by atomic mass is 9.68. The summed E-state index contributed by atoms with van der Waals surface area (Å²) in [5, 5.41) is 0. The predicted molar refractivity (Wildman–Crippen MR) is 106 cm³/mol. The average molecular weight is 363 g/mol. The second kappa shape index (κ2) is 9.21. The Bertz CT molecular complexity index is 563. The lowest BCUT2D eigenvalue weighted by Crippen LogP contribution is -2.25. The molecule has 2 aliphatic carbocycles. The topological polar surface area (TPSA) is 0 Å². The number of benzene rings is 1. The fraction of sp³-hybridized carbons (Fsp3) is 0.652. The van der Waals surface area contributed by atoms with Crippen molar-refractivity contribution in [1.29, 1.82) is 0 Å². The fourth-order valence-corrected chi connectivity index (χ4v) is 5.33. The van der Waals surface area contributed by atoms with E-state index in [4.69, 9.17) is 11.6 Å². The Morgan fingerprint density at radius 2 is 1.64 bits per heavy atom. The molecule has 1 aromatic carbocycles. The van der Waals surface area contributed by atoms with Gasteiger partial charge < -0.3 is 0 Å². The van der Waals surface area contributed by atoms with Gasteiger partial charge >= 0.3 is 0 Å². The molecule has 25 heavy (non-hydrogen) atoms. The number of hydrogen-bond donors (Lipinski definition) is 0. The maximum absolute atomic E-state index is 14.2.